The fourth-order valence-corrected chi connectivity index (χ4v) is 2.57. The van der Waals surface area contributed by atoms with Crippen LogP contribution in [-0.2, 0) is 11.3 Å². The van der Waals surface area contributed by atoms with E-state index in [4.69, 9.17) is 15.3 Å². The summed E-state index contributed by atoms with van der Waals surface area (Å²) in [6.45, 7) is 4.43. The molecule has 0 spiro atoms. The Labute approximate surface area is 107 Å². The van der Waals surface area contributed by atoms with Crippen molar-refractivity contribution in [3.05, 3.63) is 11.9 Å². The van der Waals surface area contributed by atoms with Crippen molar-refractivity contribution in [2.45, 2.75) is 32.4 Å². The van der Waals surface area contributed by atoms with Crippen LogP contribution in [-0.4, -0.2) is 30.1 Å². The van der Waals surface area contributed by atoms with Gasteiger partial charge in [0.15, 0.2) is 5.75 Å². The molecule has 1 saturated heterocycles. The van der Waals surface area contributed by atoms with Crippen molar-refractivity contribution in [1.82, 2.24) is 15.2 Å². The predicted octanol–water partition coefficient (Wildman–Crippen LogP) is 0.843. The van der Waals surface area contributed by atoms with Gasteiger partial charge < -0.3 is 9.47 Å². The van der Waals surface area contributed by atoms with Crippen LogP contribution in [0.4, 0.5) is 0 Å². The van der Waals surface area contributed by atoms with Crippen molar-refractivity contribution in [2.75, 3.05) is 20.3 Å². The van der Waals surface area contributed by atoms with Crippen molar-refractivity contribution < 1.29 is 9.47 Å². The van der Waals surface area contributed by atoms with Crippen LogP contribution in [0, 0.1) is 5.92 Å². The molecule has 2 rings (SSSR count). The molecule has 3 N–H and O–H groups in total. The highest BCUT2D eigenvalue weighted by atomic mass is 16.5. The second kappa shape index (κ2) is 6.17. The van der Waals surface area contributed by atoms with Gasteiger partial charge in [0.1, 0.15) is 0 Å². The maximum atomic E-state index is 5.74. The first-order valence-electron chi connectivity index (χ1n) is 6.45. The number of hydrazine groups is 1. The lowest BCUT2D eigenvalue weighted by Crippen LogP contribution is -2.38. The Morgan fingerprint density at radius 2 is 2.56 bits per heavy atom. The Kier molecular flexibility index (Phi) is 4.57. The molecule has 2 heterocycles. The van der Waals surface area contributed by atoms with E-state index < -0.39 is 0 Å². The first-order valence-corrected chi connectivity index (χ1v) is 6.45. The molecule has 2 atom stereocenters. The lowest BCUT2D eigenvalue weighted by atomic mass is 9.91. The highest BCUT2D eigenvalue weighted by Crippen LogP contribution is 2.33. The van der Waals surface area contributed by atoms with Gasteiger partial charge in [0.05, 0.1) is 31.6 Å². The molecule has 6 heteroatoms. The number of aryl methyl sites for hydroxylation is 1. The summed E-state index contributed by atoms with van der Waals surface area (Å²) in [5, 5.41) is 4.32. The van der Waals surface area contributed by atoms with Gasteiger partial charge in [-0.1, -0.05) is 0 Å². The third-order valence-electron chi connectivity index (χ3n) is 3.51. The molecule has 102 valence electrons. The quantitative estimate of drug-likeness (QED) is 0.601. The zero-order chi connectivity index (χ0) is 13.0. The third-order valence-corrected chi connectivity index (χ3v) is 3.51. The van der Waals surface area contributed by atoms with Gasteiger partial charge in [-0.05, 0) is 19.8 Å². The van der Waals surface area contributed by atoms with Crippen LogP contribution >= 0.6 is 0 Å². The van der Waals surface area contributed by atoms with Gasteiger partial charge >= 0.3 is 0 Å². The topological polar surface area (TPSA) is 74.3 Å². The minimum Gasteiger partial charge on any atom is -0.493 e. The smallest absolute Gasteiger partial charge is 0.161 e. The molecule has 0 amide bonds. The molecule has 1 aliphatic heterocycles. The van der Waals surface area contributed by atoms with E-state index in [0.717, 1.165) is 44.0 Å². The van der Waals surface area contributed by atoms with Crippen molar-refractivity contribution in [2.24, 2.45) is 11.8 Å². The zero-order valence-electron chi connectivity index (χ0n) is 11.1. The van der Waals surface area contributed by atoms with Crippen LogP contribution < -0.4 is 16.0 Å². The molecule has 1 aromatic rings. The Bertz CT molecular complexity index is 353. The number of aromatic nitrogens is 2. The SMILES string of the molecule is CCn1ncc(OC)c1C(NN)C1CCCOC1. The van der Waals surface area contributed by atoms with Crippen LogP contribution in [0.3, 0.4) is 0 Å². The average molecular weight is 254 g/mol. The van der Waals surface area contributed by atoms with E-state index in [0.29, 0.717) is 5.92 Å². The second-order valence-electron chi connectivity index (χ2n) is 4.54. The fraction of sp³-hybridized carbons (Fsp3) is 0.750. The largest absolute Gasteiger partial charge is 0.493 e. The highest BCUT2D eigenvalue weighted by molar-refractivity contribution is 5.29. The molecule has 0 saturated carbocycles. The van der Waals surface area contributed by atoms with Gasteiger partial charge in [0.2, 0.25) is 0 Å². The van der Waals surface area contributed by atoms with Crippen molar-refractivity contribution in [3.8, 4) is 5.75 Å². The van der Waals surface area contributed by atoms with E-state index in [1.165, 1.54) is 0 Å². The number of ether oxygens (including phenoxy) is 2. The summed E-state index contributed by atoms with van der Waals surface area (Å²) in [5.41, 5.74) is 3.91. The van der Waals surface area contributed by atoms with Crippen LogP contribution in [0.25, 0.3) is 0 Å². The Morgan fingerprint density at radius 1 is 1.72 bits per heavy atom. The van der Waals surface area contributed by atoms with Gasteiger partial charge in [-0.15, -0.1) is 0 Å². The van der Waals surface area contributed by atoms with Crippen molar-refractivity contribution in [1.29, 1.82) is 0 Å². The van der Waals surface area contributed by atoms with E-state index in [1.807, 2.05) is 4.68 Å². The summed E-state index contributed by atoms with van der Waals surface area (Å²) in [7, 11) is 1.66. The van der Waals surface area contributed by atoms with E-state index >= 15 is 0 Å². The molecule has 0 aliphatic carbocycles. The van der Waals surface area contributed by atoms with Gasteiger partial charge in [-0.2, -0.15) is 5.10 Å². The predicted molar refractivity (Wildman–Crippen MR) is 68.1 cm³/mol. The molecule has 1 aliphatic rings. The van der Waals surface area contributed by atoms with Crippen LogP contribution in [0.5, 0.6) is 5.75 Å². The monoisotopic (exact) mass is 254 g/mol. The molecule has 6 nitrogen and oxygen atoms in total. The number of hydrogen-bond donors (Lipinski definition) is 2. The summed E-state index contributed by atoms with van der Waals surface area (Å²) in [6, 6.07) is 0.0164. The molecule has 0 radical (unpaired) electrons. The molecule has 0 bridgehead atoms. The van der Waals surface area contributed by atoms with E-state index in [1.54, 1.807) is 13.3 Å². The average Bonchev–Trinajstić information content (AvgIpc) is 2.84. The molecular formula is C12H22N4O2. The number of nitrogens with zero attached hydrogens (tertiary/aromatic N) is 2. The molecule has 1 fully saturated rings. The number of nitrogens with two attached hydrogens (primary N) is 1. The summed E-state index contributed by atoms with van der Waals surface area (Å²) >= 11 is 0. The number of nitrogens with one attached hydrogen (secondary N) is 1. The Morgan fingerprint density at radius 3 is 3.11 bits per heavy atom. The minimum atomic E-state index is 0.0164. The second-order valence-corrected chi connectivity index (χ2v) is 4.54. The Hall–Kier alpha value is -1.11. The molecular weight excluding hydrogens is 232 g/mol. The van der Waals surface area contributed by atoms with Crippen molar-refractivity contribution in [3.63, 3.8) is 0 Å². The lowest BCUT2D eigenvalue weighted by molar-refractivity contribution is 0.0372. The number of rotatable bonds is 5. The maximum absolute atomic E-state index is 5.74. The zero-order valence-corrected chi connectivity index (χ0v) is 11.1. The Balaban J connectivity index is 2.27. The van der Waals surface area contributed by atoms with Crippen LogP contribution in [0.1, 0.15) is 31.5 Å². The van der Waals surface area contributed by atoms with Gasteiger partial charge in [-0.25, -0.2) is 0 Å². The lowest BCUT2D eigenvalue weighted by Gasteiger charge is -2.30. The normalized spacial score (nSPS) is 21.8. The molecule has 18 heavy (non-hydrogen) atoms. The molecule has 2 unspecified atom stereocenters. The van der Waals surface area contributed by atoms with Crippen molar-refractivity contribution >= 4 is 0 Å². The minimum absolute atomic E-state index is 0.0164. The summed E-state index contributed by atoms with van der Waals surface area (Å²) in [4.78, 5) is 0. The first-order chi connectivity index (χ1) is 8.81. The standard InChI is InChI=1S/C12H22N4O2/c1-3-16-12(10(17-2)7-14-16)11(15-13)9-5-4-6-18-8-9/h7,9,11,15H,3-6,8,13H2,1-2H3. The van der Waals surface area contributed by atoms with E-state index in [2.05, 4.69) is 17.4 Å². The van der Waals surface area contributed by atoms with Crippen LogP contribution in [0.2, 0.25) is 0 Å². The molecule has 0 aromatic carbocycles. The maximum Gasteiger partial charge on any atom is 0.161 e. The third kappa shape index (κ3) is 2.50. The summed E-state index contributed by atoms with van der Waals surface area (Å²) < 4.78 is 12.9. The first kappa shape index (κ1) is 13.3. The highest BCUT2D eigenvalue weighted by Gasteiger charge is 2.30. The van der Waals surface area contributed by atoms with Gasteiger partial charge in [-0.3, -0.25) is 16.0 Å². The van der Waals surface area contributed by atoms with E-state index in [-0.39, 0.29) is 6.04 Å². The van der Waals surface area contributed by atoms with Gasteiger partial charge in [0.25, 0.3) is 0 Å². The number of hydrogen-bond acceptors (Lipinski definition) is 5. The fourth-order valence-electron chi connectivity index (χ4n) is 2.57. The van der Waals surface area contributed by atoms with Crippen LogP contribution in [0.15, 0.2) is 6.20 Å². The van der Waals surface area contributed by atoms with E-state index in [9.17, 15) is 0 Å². The number of methoxy groups -OCH3 is 1. The molecule has 1 aromatic heterocycles. The summed E-state index contributed by atoms with van der Waals surface area (Å²) in [6.07, 6.45) is 3.92. The van der Waals surface area contributed by atoms with Gasteiger partial charge in [0, 0.05) is 19.1 Å². The summed E-state index contributed by atoms with van der Waals surface area (Å²) in [5.74, 6) is 6.88.